The topological polar surface area (TPSA) is 109 Å². The SMILES string of the molecule is Cc1cc(C(=O)N[C@@H](CC(N)=O)C(=O)O)ccc1Br. The van der Waals surface area contributed by atoms with Gasteiger partial charge in [0.25, 0.3) is 5.91 Å². The van der Waals surface area contributed by atoms with Crippen molar-refractivity contribution in [3.8, 4) is 0 Å². The molecule has 0 spiro atoms. The summed E-state index contributed by atoms with van der Waals surface area (Å²) >= 11 is 3.30. The Labute approximate surface area is 118 Å². The van der Waals surface area contributed by atoms with Crippen molar-refractivity contribution in [2.75, 3.05) is 0 Å². The lowest BCUT2D eigenvalue weighted by Crippen LogP contribution is -2.43. The minimum atomic E-state index is -1.33. The molecule has 0 heterocycles. The number of halogens is 1. The largest absolute Gasteiger partial charge is 0.480 e. The van der Waals surface area contributed by atoms with E-state index in [-0.39, 0.29) is 0 Å². The molecule has 0 aliphatic rings. The molecule has 2 amide bonds. The lowest BCUT2D eigenvalue weighted by atomic mass is 10.1. The summed E-state index contributed by atoms with van der Waals surface area (Å²) in [6.07, 6.45) is -0.448. The third-order valence-electron chi connectivity index (χ3n) is 2.43. The Morgan fingerprint density at radius 1 is 1.42 bits per heavy atom. The van der Waals surface area contributed by atoms with Gasteiger partial charge >= 0.3 is 5.97 Å². The molecular formula is C12H13BrN2O4. The van der Waals surface area contributed by atoms with Crippen LogP contribution in [0.25, 0.3) is 0 Å². The van der Waals surface area contributed by atoms with E-state index in [1.807, 2.05) is 0 Å². The minimum Gasteiger partial charge on any atom is -0.480 e. The summed E-state index contributed by atoms with van der Waals surface area (Å²) in [5, 5.41) is 11.1. The summed E-state index contributed by atoms with van der Waals surface area (Å²) in [5.74, 6) is -2.66. The fraction of sp³-hybridized carbons (Fsp3) is 0.250. The molecule has 1 rings (SSSR count). The Kier molecular flexibility index (Phi) is 5.05. The zero-order valence-electron chi connectivity index (χ0n) is 10.1. The van der Waals surface area contributed by atoms with Crippen LogP contribution in [-0.4, -0.2) is 28.9 Å². The molecule has 0 aliphatic heterocycles. The number of rotatable bonds is 5. The fourth-order valence-electron chi connectivity index (χ4n) is 1.43. The number of primary amides is 1. The van der Waals surface area contributed by atoms with E-state index in [9.17, 15) is 14.4 Å². The van der Waals surface area contributed by atoms with Gasteiger partial charge in [0.2, 0.25) is 5.91 Å². The number of aryl methyl sites for hydroxylation is 1. The molecule has 19 heavy (non-hydrogen) atoms. The number of nitrogens with one attached hydrogen (secondary N) is 1. The van der Waals surface area contributed by atoms with Gasteiger partial charge in [-0.25, -0.2) is 4.79 Å². The van der Waals surface area contributed by atoms with Crippen LogP contribution in [0.3, 0.4) is 0 Å². The van der Waals surface area contributed by atoms with Gasteiger partial charge in [-0.2, -0.15) is 0 Å². The van der Waals surface area contributed by atoms with E-state index < -0.39 is 30.2 Å². The van der Waals surface area contributed by atoms with Gasteiger partial charge in [0, 0.05) is 10.0 Å². The van der Waals surface area contributed by atoms with E-state index in [2.05, 4.69) is 21.2 Å². The van der Waals surface area contributed by atoms with Gasteiger partial charge in [-0.05, 0) is 30.7 Å². The minimum absolute atomic E-state index is 0.316. The van der Waals surface area contributed by atoms with Gasteiger partial charge in [-0.3, -0.25) is 9.59 Å². The zero-order chi connectivity index (χ0) is 14.6. The number of hydrogen-bond acceptors (Lipinski definition) is 3. The normalized spacial score (nSPS) is 11.7. The number of nitrogens with two attached hydrogens (primary N) is 1. The first-order valence-electron chi connectivity index (χ1n) is 5.39. The van der Waals surface area contributed by atoms with Gasteiger partial charge < -0.3 is 16.2 Å². The van der Waals surface area contributed by atoms with E-state index in [0.29, 0.717) is 5.56 Å². The number of carbonyl (C=O) groups is 3. The average Bonchev–Trinajstić information content (AvgIpc) is 2.31. The molecule has 0 fully saturated rings. The lowest BCUT2D eigenvalue weighted by molar-refractivity contribution is -0.140. The number of amides is 2. The molecule has 0 radical (unpaired) electrons. The molecule has 0 bridgehead atoms. The van der Waals surface area contributed by atoms with Crippen LogP contribution in [0, 0.1) is 6.92 Å². The van der Waals surface area contributed by atoms with Gasteiger partial charge in [0.15, 0.2) is 0 Å². The standard InChI is InChI=1S/C12H13BrN2O4/c1-6-4-7(2-3-8(6)13)11(17)15-9(12(18)19)5-10(14)16/h2-4,9H,5H2,1H3,(H2,14,16)(H,15,17)(H,18,19)/t9-/m0/s1. The van der Waals surface area contributed by atoms with Crippen molar-refractivity contribution in [3.05, 3.63) is 33.8 Å². The number of carboxylic acids is 1. The highest BCUT2D eigenvalue weighted by molar-refractivity contribution is 9.10. The highest BCUT2D eigenvalue weighted by Crippen LogP contribution is 2.17. The molecule has 6 nitrogen and oxygen atoms in total. The Morgan fingerprint density at radius 2 is 2.05 bits per heavy atom. The number of hydrogen-bond donors (Lipinski definition) is 3. The van der Waals surface area contributed by atoms with E-state index in [0.717, 1.165) is 10.0 Å². The highest BCUT2D eigenvalue weighted by atomic mass is 79.9. The molecule has 1 aromatic carbocycles. The highest BCUT2D eigenvalue weighted by Gasteiger charge is 2.22. The molecule has 102 valence electrons. The van der Waals surface area contributed by atoms with Crippen molar-refractivity contribution in [2.24, 2.45) is 5.73 Å². The molecule has 0 saturated heterocycles. The van der Waals surface area contributed by atoms with Crippen molar-refractivity contribution >= 4 is 33.7 Å². The summed E-state index contributed by atoms with van der Waals surface area (Å²) in [5.41, 5.74) is 6.09. The molecule has 0 aliphatic carbocycles. The Balaban J connectivity index is 2.84. The number of aliphatic carboxylic acids is 1. The molecule has 0 aromatic heterocycles. The van der Waals surface area contributed by atoms with E-state index in [1.54, 1.807) is 25.1 Å². The summed E-state index contributed by atoms with van der Waals surface area (Å²) < 4.78 is 0.843. The van der Waals surface area contributed by atoms with Crippen molar-refractivity contribution in [3.63, 3.8) is 0 Å². The van der Waals surface area contributed by atoms with Crippen LogP contribution in [-0.2, 0) is 9.59 Å². The zero-order valence-corrected chi connectivity index (χ0v) is 11.7. The van der Waals surface area contributed by atoms with Gasteiger partial charge in [-0.1, -0.05) is 15.9 Å². The Bertz CT molecular complexity index is 530. The summed E-state index contributed by atoms with van der Waals surface area (Å²) in [6.45, 7) is 1.80. The predicted molar refractivity (Wildman–Crippen MR) is 71.6 cm³/mol. The summed E-state index contributed by atoms with van der Waals surface area (Å²) in [6, 6.07) is 3.53. The first kappa shape index (κ1) is 15.2. The van der Waals surface area contributed by atoms with Gasteiger partial charge in [-0.15, -0.1) is 0 Å². The molecule has 1 aromatic rings. The molecule has 4 N–H and O–H groups in total. The maximum atomic E-state index is 11.9. The van der Waals surface area contributed by atoms with Crippen LogP contribution in [0.15, 0.2) is 22.7 Å². The molecule has 7 heteroatoms. The molecule has 0 unspecified atom stereocenters. The van der Waals surface area contributed by atoms with Crippen molar-refractivity contribution in [1.29, 1.82) is 0 Å². The molecule has 1 atom stereocenters. The van der Waals surface area contributed by atoms with Crippen LogP contribution < -0.4 is 11.1 Å². The maximum absolute atomic E-state index is 11.9. The number of benzene rings is 1. The Morgan fingerprint density at radius 3 is 2.53 bits per heavy atom. The fourth-order valence-corrected chi connectivity index (χ4v) is 1.68. The van der Waals surface area contributed by atoms with Crippen LogP contribution in [0.2, 0.25) is 0 Å². The van der Waals surface area contributed by atoms with E-state index in [1.165, 1.54) is 0 Å². The van der Waals surface area contributed by atoms with Crippen molar-refractivity contribution in [2.45, 2.75) is 19.4 Å². The second kappa shape index (κ2) is 6.33. The second-order valence-electron chi connectivity index (χ2n) is 4.00. The first-order chi connectivity index (χ1) is 8.81. The predicted octanol–water partition coefficient (Wildman–Crippen LogP) is 0.816. The lowest BCUT2D eigenvalue weighted by Gasteiger charge is -2.13. The third-order valence-corrected chi connectivity index (χ3v) is 3.32. The number of carboxylic acid groups (broad SMARTS) is 1. The monoisotopic (exact) mass is 328 g/mol. The van der Waals surface area contributed by atoms with Gasteiger partial charge in [0.1, 0.15) is 6.04 Å². The third kappa shape index (κ3) is 4.36. The molecular weight excluding hydrogens is 316 g/mol. The van der Waals surface area contributed by atoms with Crippen molar-refractivity contribution in [1.82, 2.24) is 5.32 Å². The van der Waals surface area contributed by atoms with Crippen molar-refractivity contribution < 1.29 is 19.5 Å². The molecule has 0 saturated carbocycles. The maximum Gasteiger partial charge on any atom is 0.326 e. The van der Waals surface area contributed by atoms with Crippen LogP contribution in [0.4, 0.5) is 0 Å². The second-order valence-corrected chi connectivity index (χ2v) is 4.85. The van der Waals surface area contributed by atoms with Crippen LogP contribution >= 0.6 is 15.9 Å². The summed E-state index contributed by atoms with van der Waals surface area (Å²) in [4.78, 5) is 33.5. The van der Waals surface area contributed by atoms with Gasteiger partial charge in [0.05, 0.1) is 6.42 Å². The first-order valence-corrected chi connectivity index (χ1v) is 6.18. The van der Waals surface area contributed by atoms with Crippen LogP contribution in [0.1, 0.15) is 22.3 Å². The smallest absolute Gasteiger partial charge is 0.326 e. The quantitative estimate of drug-likeness (QED) is 0.743. The van der Waals surface area contributed by atoms with Crippen LogP contribution in [0.5, 0.6) is 0 Å². The van der Waals surface area contributed by atoms with E-state index >= 15 is 0 Å². The number of carbonyl (C=O) groups excluding carboxylic acids is 2. The summed E-state index contributed by atoms with van der Waals surface area (Å²) in [7, 11) is 0. The Hall–Kier alpha value is -1.89. The average molecular weight is 329 g/mol. The van der Waals surface area contributed by atoms with E-state index in [4.69, 9.17) is 10.8 Å².